The summed E-state index contributed by atoms with van der Waals surface area (Å²) in [6, 6.07) is 11.4. The number of hydrogen-bond acceptors (Lipinski definition) is 3. The topological polar surface area (TPSA) is 75.4 Å². The Kier molecular flexibility index (Phi) is 5.20. The molecule has 0 aromatic heterocycles. The minimum atomic E-state index is -0.302. The number of carbonyl (C=O) groups excluding carboxylic acids is 1. The quantitative estimate of drug-likeness (QED) is 0.578. The molecule has 0 aliphatic rings. The number of aromatic hydroxyl groups is 1. The van der Waals surface area contributed by atoms with Gasteiger partial charge in [0.05, 0.1) is 5.69 Å². The summed E-state index contributed by atoms with van der Waals surface area (Å²) in [4.78, 5) is 11.9. The maximum atomic E-state index is 11.9. The molecule has 2 aromatic rings. The van der Waals surface area contributed by atoms with Gasteiger partial charge in [0, 0.05) is 15.7 Å². The predicted molar refractivity (Wildman–Crippen MR) is 81.9 cm³/mol. The summed E-state index contributed by atoms with van der Waals surface area (Å²) >= 11 is 3.27. The molecule has 0 fully saturated rings. The van der Waals surface area contributed by atoms with Crippen LogP contribution in [0, 0.1) is 0 Å². The molecule has 2 rings (SSSR count). The zero-order valence-electron chi connectivity index (χ0n) is 9.76. The average Bonchev–Trinajstić information content (AvgIpc) is 2.34. The summed E-state index contributed by atoms with van der Waals surface area (Å²) in [5.41, 5.74) is 6.97. The van der Waals surface area contributed by atoms with Crippen molar-refractivity contribution in [3.05, 3.63) is 52.5 Å². The lowest BCUT2D eigenvalue weighted by Crippen LogP contribution is -2.11. The van der Waals surface area contributed by atoms with E-state index in [1.54, 1.807) is 36.4 Å². The lowest BCUT2D eigenvalue weighted by molar-refractivity contribution is 0.102. The molecule has 6 heteroatoms. The Morgan fingerprint density at radius 1 is 1.16 bits per heavy atom. The molecule has 19 heavy (non-hydrogen) atoms. The highest BCUT2D eigenvalue weighted by Crippen LogP contribution is 2.27. The Bertz CT molecular complexity index is 588. The van der Waals surface area contributed by atoms with Crippen molar-refractivity contribution in [2.75, 3.05) is 11.1 Å². The van der Waals surface area contributed by atoms with Crippen LogP contribution in [0.2, 0.25) is 0 Å². The summed E-state index contributed by atoms with van der Waals surface area (Å²) in [6.45, 7) is 0. The van der Waals surface area contributed by atoms with Crippen molar-refractivity contribution in [1.82, 2.24) is 0 Å². The van der Waals surface area contributed by atoms with E-state index in [0.717, 1.165) is 4.47 Å². The molecule has 0 radical (unpaired) electrons. The molecule has 0 aliphatic carbocycles. The number of anilines is 2. The van der Waals surface area contributed by atoms with Crippen molar-refractivity contribution in [2.45, 2.75) is 0 Å². The molecule has 4 N–H and O–H groups in total. The predicted octanol–water partition coefficient (Wildman–Crippen LogP) is 3.41. The number of rotatable bonds is 2. The first-order valence-electron chi connectivity index (χ1n) is 5.21. The van der Waals surface area contributed by atoms with Crippen LogP contribution in [-0.4, -0.2) is 11.0 Å². The number of phenolic OH excluding ortho intramolecular Hbond substituents is 1. The van der Waals surface area contributed by atoms with Gasteiger partial charge in [0.15, 0.2) is 0 Å². The third-order valence-corrected chi connectivity index (χ3v) is 2.87. The monoisotopic (exact) mass is 342 g/mol. The van der Waals surface area contributed by atoms with Crippen LogP contribution in [0.25, 0.3) is 0 Å². The Morgan fingerprint density at radius 3 is 2.42 bits per heavy atom. The van der Waals surface area contributed by atoms with Gasteiger partial charge in [0.2, 0.25) is 0 Å². The number of halogens is 2. The van der Waals surface area contributed by atoms with Crippen molar-refractivity contribution >= 4 is 45.6 Å². The molecule has 0 unspecified atom stereocenters. The molecule has 1 amide bonds. The molecule has 0 saturated heterocycles. The van der Waals surface area contributed by atoms with Crippen LogP contribution in [0.5, 0.6) is 5.75 Å². The largest absolute Gasteiger partial charge is 0.506 e. The summed E-state index contributed by atoms with van der Waals surface area (Å²) in [5.74, 6) is -0.287. The highest BCUT2D eigenvalue weighted by molar-refractivity contribution is 9.10. The van der Waals surface area contributed by atoms with Gasteiger partial charge < -0.3 is 16.2 Å². The van der Waals surface area contributed by atoms with E-state index in [-0.39, 0.29) is 24.1 Å². The van der Waals surface area contributed by atoms with Crippen molar-refractivity contribution in [2.24, 2.45) is 0 Å². The van der Waals surface area contributed by atoms with Crippen molar-refractivity contribution in [3.63, 3.8) is 0 Å². The molecule has 0 atom stereocenters. The molecule has 0 heterocycles. The maximum absolute atomic E-state index is 11.9. The van der Waals surface area contributed by atoms with Gasteiger partial charge in [0.1, 0.15) is 5.75 Å². The number of hydrogen-bond donors (Lipinski definition) is 3. The van der Waals surface area contributed by atoms with E-state index in [1.807, 2.05) is 0 Å². The van der Waals surface area contributed by atoms with Crippen LogP contribution in [0.3, 0.4) is 0 Å². The van der Waals surface area contributed by atoms with Crippen LogP contribution >= 0.6 is 28.3 Å². The molecular formula is C13H12BrClN2O2. The van der Waals surface area contributed by atoms with Gasteiger partial charge in [-0.3, -0.25) is 4.79 Å². The number of amides is 1. The number of nitrogens with one attached hydrogen (secondary N) is 1. The second-order valence-corrected chi connectivity index (χ2v) is 4.65. The Balaban J connectivity index is 0.00000180. The minimum Gasteiger partial charge on any atom is -0.506 e. The van der Waals surface area contributed by atoms with Crippen LogP contribution in [-0.2, 0) is 0 Å². The first kappa shape index (κ1) is 15.3. The molecule has 2 aromatic carbocycles. The molecule has 100 valence electrons. The zero-order valence-corrected chi connectivity index (χ0v) is 12.2. The lowest BCUT2D eigenvalue weighted by atomic mass is 10.2. The highest BCUT2D eigenvalue weighted by Gasteiger charge is 2.09. The highest BCUT2D eigenvalue weighted by atomic mass is 79.9. The van der Waals surface area contributed by atoms with Crippen molar-refractivity contribution in [1.29, 1.82) is 0 Å². The van der Waals surface area contributed by atoms with Crippen LogP contribution in [0.4, 0.5) is 11.4 Å². The van der Waals surface area contributed by atoms with Gasteiger partial charge in [-0.25, -0.2) is 0 Å². The third kappa shape index (κ3) is 3.87. The second kappa shape index (κ2) is 6.45. The van der Waals surface area contributed by atoms with Crippen molar-refractivity contribution < 1.29 is 9.90 Å². The first-order valence-corrected chi connectivity index (χ1v) is 6.01. The van der Waals surface area contributed by atoms with Crippen LogP contribution < -0.4 is 11.1 Å². The number of benzene rings is 2. The standard InChI is InChI=1S/C13H11BrN2O2.ClH/c14-9-3-6-12(17)11(7-9)16-13(18)8-1-4-10(15)5-2-8;/h1-7,17H,15H2,(H,16,18);1H. The number of nitrogens with two attached hydrogens (primary N) is 1. The smallest absolute Gasteiger partial charge is 0.255 e. The SMILES string of the molecule is Cl.Nc1ccc(C(=O)Nc2cc(Br)ccc2O)cc1. The Morgan fingerprint density at radius 2 is 1.79 bits per heavy atom. The molecule has 0 aliphatic heterocycles. The van der Waals surface area contributed by atoms with E-state index in [1.165, 1.54) is 6.07 Å². The van der Waals surface area contributed by atoms with E-state index >= 15 is 0 Å². The van der Waals surface area contributed by atoms with E-state index in [9.17, 15) is 9.90 Å². The first-order chi connectivity index (χ1) is 8.56. The normalized spacial score (nSPS) is 9.53. The number of nitrogen functional groups attached to an aromatic ring is 1. The van der Waals surface area contributed by atoms with Gasteiger partial charge in [0.25, 0.3) is 5.91 Å². The van der Waals surface area contributed by atoms with Crippen molar-refractivity contribution in [3.8, 4) is 5.75 Å². The van der Waals surface area contributed by atoms with Crippen LogP contribution in [0.15, 0.2) is 46.9 Å². The number of carbonyl (C=O) groups is 1. The summed E-state index contributed by atoms with van der Waals surface area (Å²) in [7, 11) is 0. The summed E-state index contributed by atoms with van der Waals surface area (Å²) < 4.78 is 0.771. The second-order valence-electron chi connectivity index (χ2n) is 3.74. The maximum Gasteiger partial charge on any atom is 0.255 e. The van der Waals surface area contributed by atoms with E-state index in [2.05, 4.69) is 21.2 Å². The van der Waals surface area contributed by atoms with Gasteiger partial charge in [-0.2, -0.15) is 0 Å². The summed E-state index contributed by atoms with van der Waals surface area (Å²) in [6.07, 6.45) is 0. The lowest BCUT2D eigenvalue weighted by Gasteiger charge is -2.08. The fraction of sp³-hybridized carbons (Fsp3) is 0. The number of phenols is 1. The van der Waals surface area contributed by atoms with Gasteiger partial charge >= 0.3 is 0 Å². The van der Waals surface area contributed by atoms with E-state index < -0.39 is 0 Å². The fourth-order valence-corrected chi connectivity index (χ4v) is 1.80. The average molecular weight is 344 g/mol. The Hall–Kier alpha value is -1.72. The molecule has 0 saturated carbocycles. The zero-order chi connectivity index (χ0) is 13.1. The molecule has 0 bridgehead atoms. The van der Waals surface area contributed by atoms with Gasteiger partial charge in [-0.1, -0.05) is 15.9 Å². The summed E-state index contributed by atoms with van der Waals surface area (Å²) in [5, 5.41) is 12.2. The molecule has 4 nitrogen and oxygen atoms in total. The minimum absolute atomic E-state index is 0. The Labute approximate surface area is 125 Å². The third-order valence-electron chi connectivity index (χ3n) is 2.38. The fourth-order valence-electron chi connectivity index (χ4n) is 1.44. The van der Waals surface area contributed by atoms with Crippen LogP contribution in [0.1, 0.15) is 10.4 Å². The molecule has 0 spiro atoms. The van der Waals surface area contributed by atoms with Gasteiger partial charge in [-0.15, -0.1) is 12.4 Å². The van der Waals surface area contributed by atoms with Gasteiger partial charge in [-0.05, 0) is 42.5 Å². The van der Waals surface area contributed by atoms with E-state index in [0.29, 0.717) is 16.9 Å². The molecular weight excluding hydrogens is 332 g/mol. The van der Waals surface area contributed by atoms with E-state index in [4.69, 9.17) is 5.73 Å².